The van der Waals surface area contributed by atoms with Crippen LogP contribution in [0, 0.1) is 23.7 Å². The van der Waals surface area contributed by atoms with Crippen molar-refractivity contribution in [1.82, 2.24) is 10.2 Å². The topological polar surface area (TPSA) is 52.6 Å². The highest BCUT2D eigenvalue weighted by atomic mass is 16.3. The first-order valence-electron chi connectivity index (χ1n) is 9.93. The van der Waals surface area contributed by atoms with Crippen molar-refractivity contribution in [2.45, 2.75) is 56.7 Å². The normalized spacial score (nSPS) is 45.0. The van der Waals surface area contributed by atoms with Crippen LogP contribution in [-0.4, -0.2) is 34.2 Å². The highest BCUT2D eigenvalue weighted by Gasteiger charge is 2.61. The smallest absolute Gasteiger partial charge is 0.318 e. The van der Waals surface area contributed by atoms with Crippen LogP contribution in [-0.2, 0) is 0 Å². The van der Waals surface area contributed by atoms with Gasteiger partial charge in [0.2, 0.25) is 0 Å². The summed E-state index contributed by atoms with van der Waals surface area (Å²) in [6.45, 7) is 2.97. The minimum atomic E-state index is -0.462. The summed E-state index contributed by atoms with van der Waals surface area (Å²) in [7, 11) is 0. The molecule has 1 heterocycles. The number of amides is 2. The molecule has 2 N–H and O–H groups in total. The second-order valence-corrected chi connectivity index (χ2v) is 8.84. The summed E-state index contributed by atoms with van der Waals surface area (Å²) in [6, 6.07) is 10.8. The largest absolute Gasteiger partial charge is 0.390 e. The minimum Gasteiger partial charge on any atom is -0.390 e. The Morgan fingerprint density at radius 2 is 2.04 bits per heavy atom. The van der Waals surface area contributed by atoms with E-state index in [4.69, 9.17) is 0 Å². The Bertz CT molecular complexity index is 678. The van der Waals surface area contributed by atoms with Crippen molar-refractivity contribution in [3.63, 3.8) is 0 Å². The van der Waals surface area contributed by atoms with Crippen molar-refractivity contribution in [3.8, 4) is 0 Å². The van der Waals surface area contributed by atoms with Gasteiger partial charge in [-0.1, -0.05) is 43.7 Å². The summed E-state index contributed by atoms with van der Waals surface area (Å²) < 4.78 is 0. The Hall–Kier alpha value is -1.55. The van der Waals surface area contributed by atoms with Crippen LogP contribution in [0.3, 0.4) is 0 Å². The summed E-state index contributed by atoms with van der Waals surface area (Å²) >= 11 is 0. The molecule has 7 atom stereocenters. The molecule has 0 aromatic heterocycles. The molecule has 2 amide bonds. The maximum atomic E-state index is 12.8. The van der Waals surface area contributed by atoms with Crippen LogP contribution in [0.5, 0.6) is 0 Å². The van der Waals surface area contributed by atoms with E-state index >= 15 is 0 Å². The van der Waals surface area contributed by atoms with Crippen LogP contribution >= 0.6 is 0 Å². The number of carbonyl (C=O) groups excluding carboxylic acids is 1. The number of hydrogen-bond donors (Lipinski definition) is 2. The van der Waals surface area contributed by atoms with Gasteiger partial charge in [-0.05, 0) is 54.9 Å². The van der Waals surface area contributed by atoms with E-state index in [1.54, 1.807) is 0 Å². The van der Waals surface area contributed by atoms with Crippen LogP contribution in [0.25, 0.3) is 0 Å². The maximum absolute atomic E-state index is 12.8. The number of carbonyl (C=O) groups is 1. The fourth-order valence-electron chi connectivity index (χ4n) is 6.91. The number of hydrogen-bond acceptors (Lipinski definition) is 2. The predicted molar refractivity (Wildman–Crippen MR) is 95.9 cm³/mol. The number of rotatable bonds is 3. The van der Waals surface area contributed by atoms with Gasteiger partial charge in [0, 0.05) is 12.6 Å². The van der Waals surface area contributed by atoms with Crippen LogP contribution in [0.2, 0.25) is 0 Å². The lowest BCUT2D eigenvalue weighted by atomic mass is 9.47. The fraction of sp³-hybridized carbons (Fsp3) is 0.667. The van der Waals surface area contributed by atoms with Gasteiger partial charge in [-0.15, -0.1) is 0 Å². The Morgan fingerprint density at radius 1 is 1.24 bits per heavy atom. The first-order chi connectivity index (χ1) is 12.1. The molecule has 1 aromatic rings. The average molecular weight is 340 g/mol. The summed E-state index contributed by atoms with van der Waals surface area (Å²) in [5.74, 6) is 1.98. The van der Waals surface area contributed by atoms with Gasteiger partial charge in [0.25, 0.3) is 0 Å². The summed E-state index contributed by atoms with van der Waals surface area (Å²) in [4.78, 5) is 14.9. The number of nitrogens with zero attached hydrogens (tertiary/aromatic N) is 1. The lowest BCUT2D eigenvalue weighted by molar-refractivity contribution is -0.196. The summed E-state index contributed by atoms with van der Waals surface area (Å²) in [6.07, 6.45) is 5.29. The van der Waals surface area contributed by atoms with Crippen LogP contribution in [0.1, 0.15) is 50.6 Å². The first-order valence-corrected chi connectivity index (χ1v) is 9.93. The molecule has 4 bridgehead atoms. The van der Waals surface area contributed by atoms with E-state index in [9.17, 15) is 9.90 Å². The third kappa shape index (κ3) is 2.26. The number of nitrogens with one attached hydrogen (secondary N) is 1. The Balaban J connectivity index is 1.43. The van der Waals surface area contributed by atoms with Gasteiger partial charge < -0.3 is 15.3 Å². The molecule has 4 saturated carbocycles. The first kappa shape index (κ1) is 15.7. The zero-order valence-corrected chi connectivity index (χ0v) is 14.9. The number of benzene rings is 1. The van der Waals surface area contributed by atoms with E-state index in [-0.39, 0.29) is 12.1 Å². The molecular weight excluding hydrogens is 312 g/mol. The van der Waals surface area contributed by atoms with E-state index < -0.39 is 5.60 Å². The zero-order valence-electron chi connectivity index (χ0n) is 14.9. The van der Waals surface area contributed by atoms with Gasteiger partial charge in [0.05, 0.1) is 11.6 Å². The lowest BCUT2D eigenvalue weighted by Crippen LogP contribution is -2.66. The quantitative estimate of drug-likeness (QED) is 0.887. The molecule has 0 spiro atoms. The van der Waals surface area contributed by atoms with Gasteiger partial charge in [0.1, 0.15) is 0 Å². The Kier molecular flexibility index (Phi) is 3.43. The van der Waals surface area contributed by atoms with Crippen LogP contribution in [0.15, 0.2) is 30.3 Å². The van der Waals surface area contributed by atoms with Crippen molar-refractivity contribution in [2.24, 2.45) is 23.7 Å². The Morgan fingerprint density at radius 3 is 2.80 bits per heavy atom. The van der Waals surface area contributed by atoms with Gasteiger partial charge in [-0.25, -0.2) is 4.79 Å². The van der Waals surface area contributed by atoms with E-state index in [1.165, 1.54) is 18.4 Å². The van der Waals surface area contributed by atoms with E-state index in [0.717, 1.165) is 25.8 Å². The molecule has 134 valence electrons. The van der Waals surface area contributed by atoms with Gasteiger partial charge >= 0.3 is 6.03 Å². The zero-order chi connectivity index (χ0) is 17.2. The Labute approximate surface area is 149 Å². The second kappa shape index (κ2) is 5.47. The predicted octanol–water partition coefficient (Wildman–Crippen LogP) is 3.33. The molecule has 1 aliphatic heterocycles. The number of urea groups is 1. The molecule has 4 heteroatoms. The molecule has 5 aliphatic rings. The molecular formula is C21H28N2O2. The molecule has 7 unspecified atom stereocenters. The van der Waals surface area contributed by atoms with Crippen LogP contribution in [0.4, 0.5) is 4.79 Å². The fourth-order valence-corrected chi connectivity index (χ4v) is 6.91. The molecule has 5 fully saturated rings. The van der Waals surface area contributed by atoms with E-state index in [0.29, 0.717) is 29.7 Å². The SMILES string of the molecule is CCC1C2CC3CC(CC1(O)C3)C2N1CC(c2ccccc2)NC1=O. The number of aliphatic hydroxyl groups is 1. The monoisotopic (exact) mass is 340 g/mol. The van der Waals surface area contributed by atoms with Crippen molar-refractivity contribution in [1.29, 1.82) is 0 Å². The van der Waals surface area contributed by atoms with E-state index in [1.807, 2.05) is 18.2 Å². The molecule has 1 aromatic carbocycles. The highest BCUT2D eigenvalue weighted by Crippen LogP contribution is 2.60. The molecule has 4 nitrogen and oxygen atoms in total. The highest BCUT2D eigenvalue weighted by molar-refractivity contribution is 5.77. The third-order valence-corrected chi connectivity index (χ3v) is 7.57. The molecule has 6 rings (SSSR count). The van der Waals surface area contributed by atoms with Gasteiger partial charge in [-0.3, -0.25) is 0 Å². The third-order valence-electron chi connectivity index (χ3n) is 7.57. The van der Waals surface area contributed by atoms with Crippen molar-refractivity contribution in [3.05, 3.63) is 35.9 Å². The van der Waals surface area contributed by atoms with Gasteiger partial charge in [0.15, 0.2) is 0 Å². The average Bonchev–Trinajstić information content (AvgIpc) is 2.96. The maximum Gasteiger partial charge on any atom is 0.318 e. The van der Waals surface area contributed by atoms with Crippen molar-refractivity contribution >= 4 is 6.03 Å². The van der Waals surface area contributed by atoms with Crippen LogP contribution < -0.4 is 5.32 Å². The minimum absolute atomic E-state index is 0.0909. The molecule has 4 aliphatic carbocycles. The molecule has 1 saturated heterocycles. The van der Waals surface area contributed by atoms with E-state index in [2.05, 4.69) is 29.3 Å². The summed E-state index contributed by atoms with van der Waals surface area (Å²) in [5, 5.41) is 14.4. The molecule has 0 radical (unpaired) electrons. The second-order valence-electron chi connectivity index (χ2n) is 8.84. The van der Waals surface area contributed by atoms with Crippen molar-refractivity contribution in [2.75, 3.05) is 6.54 Å². The standard InChI is InChI=1S/C21H28N2O2/c1-2-17-16-9-13-8-15(11-21(17,25)10-13)19(16)23-12-18(22-20(23)24)14-6-4-3-5-7-14/h3-7,13,15-19,25H,2,8-12H2,1H3,(H,22,24). The van der Waals surface area contributed by atoms with Gasteiger partial charge in [-0.2, -0.15) is 0 Å². The van der Waals surface area contributed by atoms with Crippen molar-refractivity contribution < 1.29 is 9.90 Å². The summed E-state index contributed by atoms with van der Waals surface area (Å²) in [5.41, 5.74) is 0.726. The lowest BCUT2D eigenvalue weighted by Gasteiger charge is -2.63. The molecule has 25 heavy (non-hydrogen) atoms.